The number of ether oxygens (including phenoxy) is 1. The van der Waals surface area contributed by atoms with Gasteiger partial charge >= 0.3 is 6.61 Å². The summed E-state index contributed by atoms with van der Waals surface area (Å²) in [4.78, 5) is 24.2. The van der Waals surface area contributed by atoms with Gasteiger partial charge in [0.05, 0.1) is 18.3 Å². The van der Waals surface area contributed by atoms with Crippen molar-refractivity contribution >= 4 is 17.4 Å². The zero-order chi connectivity index (χ0) is 28.9. The molecule has 0 bridgehead atoms. The summed E-state index contributed by atoms with van der Waals surface area (Å²) >= 11 is 0. The number of para-hydroxylation sites is 2. The molecule has 5 rings (SSSR count). The maximum absolute atomic E-state index is 13.7. The van der Waals surface area contributed by atoms with E-state index in [1.807, 2.05) is 42.2 Å². The number of nitrogens with zero attached hydrogens (tertiary/aromatic N) is 4. The lowest BCUT2D eigenvalue weighted by Crippen LogP contribution is -2.56. The van der Waals surface area contributed by atoms with Crippen LogP contribution in [0, 0.1) is 19.8 Å². The van der Waals surface area contributed by atoms with Gasteiger partial charge in [-0.25, -0.2) is 4.98 Å². The van der Waals surface area contributed by atoms with Crippen LogP contribution in [-0.2, 0) is 6.42 Å². The molecule has 2 fully saturated rings. The van der Waals surface area contributed by atoms with E-state index in [1.54, 1.807) is 18.3 Å². The van der Waals surface area contributed by atoms with Crippen LogP contribution in [0.15, 0.2) is 60.8 Å². The molecule has 2 aliphatic rings. The number of hydrogen-bond donors (Lipinski definition) is 1. The number of alkyl halides is 2. The summed E-state index contributed by atoms with van der Waals surface area (Å²) in [6.45, 7) is 4.28. The number of hydrogen-bond acceptors (Lipinski definition) is 6. The number of carbonyl (C=O) groups is 1. The van der Waals surface area contributed by atoms with Crippen molar-refractivity contribution in [3.8, 4) is 5.75 Å². The number of aliphatic hydroxyl groups excluding tert-OH is 1. The second kappa shape index (κ2) is 12.9. The Hall–Kier alpha value is -3.72. The molecular formula is C32H38F2N4O3. The van der Waals surface area contributed by atoms with Crippen LogP contribution in [0.3, 0.4) is 0 Å². The van der Waals surface area contributed by atoms with Gasteiger partial charge in [-0.1, -0.05) is 24.3 Å². The minimum absolute atomic E-state index is 0.00618. The summed E-state index contributed by atoms with van der Waals surface area (Å²) in [5.41, 5.74) is 4.71. The molecule has 0 saturated carbocycles. The smallest absolute Gasteiger partial charge is 0.387 e. The molecule has 1 amide bonds. The molecule has 1 atom stereocenters. The summed E-state index contributed by atoms with van der Waals surface area (Å²) in [5.74, 6) is 1.44. The number of pyridine rings is 1. The maximum atomic E-state index is 13.7. The van der Waals surface area contributed by atoms with E-state index in [4.69, 9.17) is 4.74 Å². The Labute approximate surface area is 240 Å². The average Bonchev–Trinajstić information content (AvgIpc) is 2.99. The van der Waals surface area contributed by atoms with E-state index in [9.17, 15) is 18.7 Å². The lowest BCUT2D eigenvalue weighted by molar-refractivity contribution is -0.0495. The molecule has 3 aromatic rings. The third-order valence-electron chi connectivity index (χ3n) is 8.38. The molecule has 1 aromatic heterocycles. The van der Waals surface area contributed by atoms with Crippen molar-refractivity contribution in [1.82, 2.24) is 9.88 Å². The van der Waals surface area contributed by atoms with Gasteiger partial charge in [-0.15, -0.1) is 0 Å². The van der Waals surface area contributed by atoms with Gasteiger partial charge in [0, 0.05) is 44.5 Å². The first-order valence-electron chi connectivity index (χ1n) is 14.3. The summed E-state index contributed by atoms with van der Waals surface area (Å²) in [7, 11) is 0. The standard InChI is InChI=1S/C32H38F2N4O3/c1-22-17-23(2)27(31(40)37-15-16-38(26(20-37)21-39)30-9-5-6-12-35-30)19-25(22)18-24-10-13-36(14-11-24)28-7-3-4-8-29(28)41-32(33)34/h3-9,12,17,19,24,26,32,39H,10-11,13-16,18,20-21H2,1-2H3/t26-/m0/s1. The first-order chi connectivity index (χ1) is 19.8. The normalized spacial score (nSPS) is 18.2. The van der Waals surface area contributed by atoms with E-state index in [2.05, 4.69) is 33.8 Å². The van der Waals surface area contributed by atoms with Crippen LogP contribution in [0.2, 0.25) is 0 Å². The van der Waals surface area contributed by atoms with E-state index in [-0.39, 0.29) is 24.3 Å². The van der Waals surface area contributed by atoms with Gasteiger partial charge in [0.2, 0.25) is 0 Å². The van der Waals surface area contributed by atoms with E-state index in [1.165, 1.54) is 11.1 Å². The molecule has 2 aromatic carbocycles. The minimum Gasteiger partial charge on any atom is -0.433 e. The van der Waals surface area contributed by atoms with Crippen LogP contribution in [0.4, 0.5) is 20.3 Å². The van der Waals surface area contributed by atoms with Gasteiger partial charge in [0.15, 0.2) is 0 Å². The first-order valence-corrected chi connectivity index (χ1v) is 14.3. The van der Waals surface area contributed by atoms with Crippen LogP contribution >= 0.6 is 0 Å². The zero-order valence-corrected chi connectivity index (χ0v) is 23.7. The van der Waals surface area contributed by atoms with Crippen LogP contribution < -0.4 is 14.5 Å². The van der Waals surface area contributed by atoms with E-state index in [0.717, 1.165) is 43.7 Å². The molecule has 0 spiro atoms. The molecule has 3 heterocycles. The Morgan fingerprint density at radius 2 is 1.78 bits per heavy atom. The summed E-state index contributed by atoms with van der Waals surface area (Å²) in [6, 6.07) is 16.6. The quantitative estimate of drug-likeness (QED) is 0.412. The number of aliphatic hydroxyl groups is 1. The largest absolute Gasteiger partial charge is 0.433 e. The molecule has 1 N–H and O–H groups in total. The SMILES string of the molecule is Cc1cc(C)c(C(=O)N2CCN(c3ccccn3)[C@H](CO)C2)cc1CC1CCN(c2ccccc2OC(F)F)CC1. The molecule has 2 aliphatic heterocycles. The van der Waals surface area contributed by atoms with Gasteiger partial charge < -0.3 is 24.5 Å². The van der Waals surface area contributed by atoms with Crippen molar-refractivity contribution in [1.29, 1.82) is 0 Å². The number of aryl methyl sites for hydroxylation is 2. The van der Waals surface area contributed by atoms with Crippen molar-refractivity contribution in [2.45, 2.75) is 45.8 Å². The fourth-order valence-corrected chi connectivity index (χ4v) is 6.14. The number of piperazine rings is 1. The number of aromatic nitrogens is 1. The highest BCUT2D eigenvalue weighted by atomic mass is 19.3. The van der Waals surface area contributed by atoms with Crippen molar-refractivity contribution in [3.05, 3.63) is 83.0 Å². The van der Waals surface area contributed by atoms with Crippen molar-refractivity contribution < 1.29 is 23.4 Å². The molecule has 0 unspecified atom stereocenters. The van der Waals surface area contributed by atoms with Gasteiger partial charge in [-0.2, -0.15) is 8.78 Å². The zero-order valence-electron chi connectivity index (χ0n) is 23.7. The Morgan fingerprint density at radius 1 is 1.02 bits per heavy atom. The van der Waals surface area contributed by atoms with Crippen LogP contribution in [-0.4, -0.2) is 72.9 Å². The second-order valence-corrected chi connectivity index (χ2v) is 11.0. The number of piperidine rings is 1. The van der Waals surface area contributed by atoms with E-state index in [0.29, 0.717) is 36.8 Å². The van der Waals surface area contributed by atoms with Crippen molar-refractivity contribution in [2.24, 2.45) is 5.92 Å². The predicted octanol–water partition coefficient (Wildman–Crippen LogP) is 5.08. The number of amides is 1. The fraction of sp³-hybridized carbons (Fsp3) is 0.438. The molecule has 7 nitrogen and oxygen atoms in total. The Bertz CT molecular complexity index is 1330. The molecule has 0 radical (unpaired) electrons. The number of halogens is 2. The van der Waals surface area contributed by atoms with Gasteiger partial charge in [0.1, 0.15) is 11.6 Å². The highest BCUT2D eigenvalue weighted by molar-refractivity contribution is 5.96. The Balaban J connectivity index is 1.24. The van der Waals surface area contributed by atoms with Gasteiger partial charge in [0.25, 0.3) is 5.91 Å². The van der Waals surface area contributed by atoms with Crippen LogP contribution in [0.1, 0.15) is 39.9 Å². The number of anilines is 2. The average molecular weight is 565 g/mol. The molecule has 41 heavy (non-hydrogen) atoms. The Kier molecular flexibility index (Phi) is 9.03. The van der Waals surface area contributed by atoms with Gasteiger partial charge in [-0.3, -0.25) is 4.79 Å². The fourth-order valence-electron chi connectivity index (χ4n) is 6.14. The lowest BCUT2D eigenvalue weighted by atomic mass is 9.86. The highest BCUT2D eigenvalue weighted by Gasteiger charge is 2.31. The van der Waals surface area contributed by atoms with E-state index < -0.39 is 6.61 Å². The maximum Gasteiger partial charge on any atom is 0.387 e. The first kappa shape index (κ1) is 28.8. The summed E-state index contributed by atoms with van der Waals surface area (Å²) < 4.78 is 30.5. The molecule has 9 heteroatoms. The topological polar surface area (TPSA) is 69.1 Å². The third-order valence-corrected chi connectivity index (χ3v) is 8.38. The Morgan fingerprint density at radius 3 is 2.49 bits per heavy atom. The number of rotatable bonds is 8. The minimum atomic E-state index is -2.85. The lowest BCUT2D eigenvalue weighted by Gasteiger charge is -2.41. The molecule has 218 valence electrons. The van der Waals surface area contributed by atoms with Gasteiger partial charge in [-0.05, 0) is 86.1 Å². The molecule has 0 aliphatic carbocycles. The second-order valence-electron chi connectivity index (χ2n) is 11.0. The number of carbonyl (C=O) groups excluding carboxylic acids is 1. The molecular weight excluding hydrogens is 526 g/mol. The predicted molar refractivity (Wildman–Crippen MR) is 156 cm³/mol. The number of benzene rings is 2. The third kappa shape index (κ3) is 6.62. The molecule has 2 saturated heterocycles. The summed E-state index contributed by atoms with van der Waals surface area (Å²) in [6.07, 6.45) is 4.45. The monoisotopic (exact) mass is 564 g/mol. The highest BCUT2D eigenvalue weighted by Crippen LogP contribution is 2.34. The van der Waals surface area contributed by atoms with Crippen molar-refractivity contribution in [2.75, 3.05) is 49.1 Å². The van der Waals surface area contributed by atoms with E-state index >= 15 is 0 Å². The summed E-state index contributed by atoms with van der Waals surface area (Å²) in [5, 5.41) is 10.1. The van der Waals surface area contributed by atoms with Crippen LogP contribution in [0.25, 0.3) is 0 Å². The van der Waals surface area contributed by atoms with Crippen LogP contribution in [0.5, 0.6) is 5.75 Å². The van der Waals surface area contributed by atoms with Crippen molar-refractivity contribution in [3.63, 3.8) is 0 Å².